The summed E-state index contributed by atoms with van der Waals surface area (Å²) >= 11 is 0. The molecule has 1 aromatic carbocycles. The lowest BCUT2D eigenvalue weighted by atomic mass is 9.81. The minimum absolute atomic E-state index is 0.0640. The lowest BCUT2D eigenvalue weighted by Crippen LogP contribution is -2.66. The molecule has 0 spiro atoms. The van der Waals surface area contributed by atoms with Crippen LogP contribution in [0.2, 0.25) is 0 Å². The molecule has 4 atom stereocenters. The Kier molecular flexibility index (Phi) is 4.33. The van der Waals surface area contributed by atoms with Crippen molar-refractivity contribution in [2.75, 3.05) is 11.9 Å². The van der Waals surface area contributed by atoms with Crippen molar-refractivity contribution in [3.63, 3.8) is 0 Å². The van der Waals surface area contributed by atoms with Gasteiger partial charge in [-0.1, -0.05) is 17.4 Å². The van der Waals surface area contributed by atoms with E-state index in [0.29, 0.717) is 29.2 Å². The molecule has 160 valence electrons. The molecule has 0 unspecified atom stereocenters. The summed E-state index contributed by atoms with van der Waals surface area (Å²) < 4.78 is 16.9. The van der Waals surface area contributed by atoms with Gasteiger partial charge in [-0.05, 0) is 44.5 Å². The minimum atomic E-state index is -1.08. The largest absolute Gasteiger partial charge is 0.507 e. The molecular formula is C22H24FN7O. The molecule has 5 rings (SSSR count). The van der Waals surface area contributed by atoms with Gasteiger partial charge in [0.25, 0.3) is 0 Å². The van der Waals surface area contributed by atoms with Crippen molar-refractivity contribution in [3.05, 3.63) is 54.9 Å². The highest BCUT2D eigenvalue weighted by atomic mass is 19.1. The van der Waals surface area contributed by atoms with Gasteiger partial charge in [-0.15, -0.1) is 15.3 Å². The van der Waals surface area contributed by atoms with Crippen LogP contribution in [-0.2, 0) is 0 Å². The first-order valence-corrected chi connectivity index (χ1v) is 10.2. The Morgan fingerprint density at radius 3 is 2.71 bits per heavy atom. The number of fused-ring (bicyclic) bond motifs is 2. The zero-order chi connectivity index (χ0) is 21.8. The summed E-state index contributed by atoms with van der Waals surface area (Å²) in [5, 5.41) is 30.2. The standard InChI is InChI=1S/C22H24FN7O/c1-21-8-9-22(2,27-21)20(23)17(13-21)29(3)19-7-6-16(25-26-19)15-5-4-14(12-18(15)31)30-11-10-24-28-30/h4-12,17,20,27,31H,13H2,1-3H3/t17-,20+,21-,22+/m0/s1. The smallest absolute Gasteiger partial charge is 0.151 e. The molecule has 1 fully saturated rings. The number of hydrogen-bond donors (Lipinski definition) is 2. The van der Waals surface area contributed by atoms with Crippen LogP contribution in [0.15, 0.2) is 54.9 Å². The molecule has 2 N–H and O–H groups in total. The molecular weight excluding hydrogens is 397 g/mol. The normalized spacial score (nSPS) is 29.3. The molecule has 0 radical (unpaired) electrons. The van der Waals surface area contributed by atoms with Crippen LogP contribution < -0.4 is 10.2 Å². The molecule has 4 heterocycles. The van der Waals surface area contributed by atoms with E-state index >= 15 is 4.39 Å². The summed E-state index contributed by atoms with van der Waals surface area (Å²) in [6.07, 6.45) is 6.81. The molecule has 2 aliphatic heterocycles. The lowest BCUT2D eigenvalue weighted by molar-refractivity contribution is 0.100. The molecule has 3 aromatic rings. The number of phenolic OH excluding ortho intramolecular Hbond substituents is 1. The summed E-state index contributed by atoms with van der Waals surface area (Å²) in [6, 6.07) is 8.43. The van der Waals surface area contributed by atoms with Gasteiger partial charge in [-0.2, -0.15) is 0 Å². The second kappa shape index (κ2) is 6.84. The molecule has 2 aliphatic rings. The average Bonchev–Trinajstić information content (AvgIpc) is 3.38. The van der Waals surface area contributed by atoms with Crippen molar-refractivity contribution in [2.24, 2.45) is 0 Å². The number of rotatable bonds is 4. The van der Waals surface area contributed by atoms with Crippen LogP contribution in [0, 0.1) is 0 Å². The number of aromatic hydroxyl groups is 1. The predicted octanol–water partition coefficient (Wildman–Crippen LogP) is 2.65. The van der Waals surface area contributed by atoms with E-state index in [1.165, 1.54) is 0 Å². The van der Waals surface area contributed by atoms with Crippen LogP contribution in [0.25, 0.3) is 16.9 Å². The topological polar surface area (TPSA) is 92.0 Å². The highest BCUT2D eigenvalue weighted by Crippen LogP contribution is 2.41. The maximum Gasteiger partial charge on any atom is 0.151 e. The van der Waals surface area contributed by atoms with Crippen molar-refractivity contribution >= 4 is 5.82 Å². The highest BCUT2D eigenvalue weighted by Gasteiger charge is 2.53. The molecule has 9 heteroatoms. The Balaban J connectivity index is 1.38. The van der Waals surface area contributed by atoms with Gasteiger partial charge in [-0.3, -0.25) is 5.32 Å². The zero-order valence-corrected chi connectivity index (χ0v) is 17.6. The van der Waals surface area contributed by atoms with E-state index in [1.54, 1.807) is 35.3 Å². The first-order chi connectivity index (χ1) is 14.8. The number of benzene rings is 1. The Morgan fingerprint density at radius 2 is 2.03 bits per heavy atom. The highest BCUT2D eigenvalue weighted by molar-refractivity contribution is 5.69. The van der Waals surface area contributed by atoms with Crippen LogP contribution >= 0.6 is 0 Å². The molecule has 0 aliphatic carbocycles. The van der Waals surface area contributed by atoms with Crippen LogP contribution in [0.5, 0.6) is 5.75 Å². The van der Waals surface area contributed by atoms with Crippen molar-refractivity contribution < 1.29 is 9.50 Å². The van der Waals surface area contributed by atoms with Crippen molar-refractivity contribution in [3.8, 4) is 22.7 Å². The molecule has 0 saturated carbocycles. The second-order valence-corrected chi connectivity index (χ2v) is 8.77. The fourth-order valence-corrected chi connectivity index (χ4v) is 4.66. The molecule has 31 heavy (non-hydrogen) atoms. The summed E-state index contributed by atoms with van der Waals surface area (Å²) in [5.74, 6) is 0.651. The van der Waals surface area contributed by atoms with Gasteiger partial charge in [0.1, 0.15) is 11.9 Å². The fraction of sp³-hybridized carbons (Fsp3) is 0.364. The number of piperidine rings is 1. The maximum absolute atomic E-state index is 15.3. The van der Waals surface area contributed by atoms with Crippen molar-refractivity contribution in [2.45, 2.75) is 43.6 Å². The van der Waals surface area contributed by atoms with Crippen LogP contribution in [0.4, 0.5) is 10.2 Å². The van der Waals surface area contributed by atoms with Gasteiger partial charge in [0.05, 0.1) is 35.4 Å². The number of nitrogens with one attached hydrogen (secondary N) is 1. The summed E-state index contributed by atoms with van der Waals surface area (Å²) in [7, 11) is 1.85. The van der Waals surface area contributed by atoms with Gasteiger partial charge < -0.3 is 10.0 Å². The van der Waals surface area contributed by atoms with Crippen LogP contribution in [0.3, 0.4) is 0 Å². The van der Waals surface area contributed by atoms with E-state index in [2.05, 4.69) is 38.8 Å². The summed E-state index contributed by atoms with van der Waals surface area (Å²) in [5.41, 5.74) is 0.854. The van der Waals surface area contributed by atoms with E-state index in [0.717, 1.165) is 0 Å². The van der Waals surface area contributed by atoms with E-state index < -0.39 is 11.7 Å². The van der Waals surface area contributed by atoms with E-state index in [1.807, 2.05) is 37.1 Å². The van der Waals surface area contributed by atoms with Crippen molar-refractivity contribution in [1.29, 1.82) is 0 Å². The van der Waals surface area contributed by atoms with E-state index in [4.69, 9.17) is 0 Å². The average molecular weight is 421 g/mol. The Hall–Kier alpha value is -3.33. The van der Waals surface area contributed by atoms with Gasteiger partial charge in [0, 0.05) is 24.2 Å². The third kappa shape index (κ3) is 3.25. The number of phenols is 1. The number of anilines is 1. The van der Waals surface area contributed by atoms with Gasteiger partial charge in [0.2, 0.25) is 0 Å². The minimum Gasteiger partial charge on any atom is -0.507 e. The molecule has 0 amide bonds. The molecule has 2 bridgehead atoms. The Labute approximate surface area is 179 Å². The van der Waals surface area contributed by atoms with E-state index in [9.17, 15) is 5.11 Å². The van der Waals surface area contributed by atoms with Gasteiger partial charge >= 0.3 is 0 Å². The molecule has 2 aromatic heterocycles. The van der Waals surface area contributed by atoms with Crippen LogP contribution in [0.1, 0.15) is 20.3 Å². The Morgan fingerprint density at radius 1 is 1.19 bits per heavy atom. The maximum atomic E-state index is 15.3. The number of aromatic nitrogens is 5. The van der Waals surface area contributed by atoms with Gasteiger partial charge in [-0.25, -0.2) is 9.07 Å². The third-order valence-corrected chi connectivity index (χ3v) is 6.35. The monoisotopic (exact) mass is 421 g/mol. The predicted molar refractivity (Wildman–Crippen MR) is 115 cm³/mol. The molecule has 8 nitrogen and oxygen atoms in total. The second-order valence-electron chi connectivity index (χ2n) is 8.77. The van der Waals surface area contributed by atoms with Crippen molar-refractivity contribution in [1.82, 2.24) is 30.5 Å². The zero-order valence-electron chi connectivity index (χ0n) is 17.6. The lowest BCUT2D eigenvalue weighted by Gasteiger charge is -2.47. The quantitative estimate of drug-likeness (QED) is 0.626. The summed E-state index contributed by atoms with van der Waals surface area (Å²) in [4.78, 5) is 1.86. The first kappa shape index (κ1) is 19.6. The number of halogens is 1. The third-order valence-electron chi connectivity index (χ3n) is 6.35. The number of alkyl halides is 1. The number of hydrogen-bond acceptors (Lipinski definition) is 7. The SMILES string of the molecule is CN(c1ccc(-c2ccc(-n3ccnn3)cc2O)nn1)[C@H]1C[C@]2(C)C=C[C@@](C)(N2)[C@@H]1F. The van der Waals surface area contributed by atoms with Crippen LogP contribution in [-0.4, -0.2) is 60.6 Å². The summed E-state index contributed by atoms with van der Waals surface area (Å²) in [6.45, 7) is 3.97. The first-order valence-electron chi connectivity index (χ1n) is 10.2. The van der Waals surface area contributed by atoms with Gasteiger partial charge in [0.15, 0.2) is 5.82 Å². The van der Waals surface area contributed by atoms with E-state index in [-0.39, 0.29) is 17.3 Å². The Bertz CT molecular complexity index is 1130. The number of nitrogens with zero attached hydrogens (tertiary/aromatic N) is 6. The molecule has 1 saturated heterocycles. The fourth-order valence-electron chi connectivity index (χ4n) is 4.66.